The summed E-state index contributed by atoms with van der Waals surface area (Å²) in [7, 11) is 1.50. The second kappa shape index (κ2) is 11.8. The Labute approximate surface area is 205 Å². The number of hydrogen-bond acceptors (Lipinski definition) is 3. The quantitative estimate of drug-likeness (QED) is 0.421. The van der Waals surface area contributed by atoms with E-state index >= 15 is 0 Å². The first kappa shape index (κ1) is 24.7. The fraction of sp³-hybridized carbons (Fsp3) is 0.200. The van der Waals surface area contributed by atoms with Crippen LogP contribution in [0.2, 0.25) is 5.02 Å². The van der Waals surface area contributed by atoms with Gasteiger partial charge < -0.3 is 15.0 Å². The number of hydrogen-bond donors (Lipinski definition) is 1. The van der Waals surface area contributed by atoms with E-state index in [-0.39, 0.29) is 25.5 Å². The second-order valence-corrected chi connectivity index (χ2v) is 8.62. The van der Waals surface area contributed by atoms with Gasteiger partial charge in [0, 0.05) is 30.0 Å². The highest BCUT2D eigenvalue weighted by Gasteiger charge is 2.30. The molecular formula is C25H23BrClFN2O3. The molecule has 0 saturated heterocycles. The van der Waals surface area contributed by atoms with Crippen LogP contribution >= 0.6 is 27.5 Å². The van der Waals surface area contributed by atoms with Gasteiger partial charge in [0.2, 0.25) is 5.91 Å². The number of halogens is 3. The van der Waals surface area contributed by atoms with Gasteiger partial charge in [-0.25, -0.2) is 4.39 Å². The van der Waals surface area contributed by atoms with Crippen LogP contribution < -0.4 is 10.1 Å². The first-order valence-electron chi connectivity index (χ1n) is 10.2. The highest BCUT2D eigenvalue weighted by atomic mass is 79.9. The first-order chi connectivity index (χ1) is 15.9. The minimum atomic E-state index is -0.867. The molecule has 3 rings (SSSR count). The summed E-state index contributed by atoms with van der Waals surface area (Å²) in [6.07, 6.45) is 0.264. The molecule has 33 heavy (non-hydrogen) atoms. The molecule has 0 aliphatic heterocycles. The zero-order valence-corrected chi connectivity index (χ0v) is 20.3. The Morgan fingerprint density at radius 3 is 2.45 bits per heavy atom. The molecule has 1 N–H and O–H groups in total. The molecule has 172 valence electrons. The molecule has 0 fully saturated rings. The highest BCUT2D eigenvalue weighted by Crippen LogP contribution is 2.28. The van der Waals surface area contributed by atoms with Crippen molar-refractivity contribution in [3.05, 3.63) is 99.2 Å². The van der Waals surface area contributed by atoms with E-state index in [1.54, 1.807) is 36.4 Å². The van der Waals surface area contributed by atoms with Crippen molar-refractivity contribution < 1.29 is 18.7 Å². The smallest absolute Gasteiger partial charge is 0.261 e. The Balaban J connectivity index is 1.89. The van der Waals surface area contributed by atoms with Gasteiger partial charge >= 0.3 is 0 Å². The average Bonchev–Trinajstić information content (AvgIpc) is 2.82. The molecular weight excluding hydrogens is 511 g/mol. The normalized spacial score (nSPS) is 11.5. The number of carbonyl (C=O) groups is 2. The maximum Gasteiger partial charge on any atom is 0.261 e. The standard InChI is InChI=1S/C25H23BrClFN2O3/c1-29-25(32)22(13-17-7-3-2-4-8-17)30(15-18-9-5-6-10-21(18)28)24(31)16-33-23-12-11-19(26)14-20(23)27/h2-12,14,22H,13,15-16H2,1H3,(H,29,32)/t22-/m1/s1. The van der Waals surface area contributed by atoms with Crippen LogP contribution in [-0.4, -0.2) is 36.4 Å². The molecule has 3 aromatic rings. The highest BCUT2D eigenvalue weighted by molar-refractivity contribution is 9.10. The van der Waals surface area contributed by atoms with Crippen molar-refractivity contribution in [2.75, 3.05) is 13.7 Å². The molecule has 3 aromatic carbocycles. The Morgan fingerprint density at radius 2 is 1.79 bits per heavy atom. The van der Waals surface area contributed by atoms with Crippen LogP contribution in [-0.2, 0) is 22.6 Å². The van der Waals surface area contributed by atoms with Crippen molar-refractivity contribution in [2.45, 2.75) is 19.0 Å². The molecule has 0 spiro atoms. The lowest BCUT2D eigenvalue weighted by Gasteiger charge is -2.31. The summed E-state index contributed by atoms with van der Waals surface area (Å²) in [5.74, 6) is -0.951. The minimum absolute atomic E-state index is 0.0894. The average molecular weight is 534 g/mol. The third kappa shape index (κ3) is 6.79. The monoisotopic (exact) mass is 532 g/mol. The molecule has 0 unspecified atom stereocenters. The summed E-state index contributed by atoms with van der Waals surface area (Å²) in [4.78, 5) is 27.5. The number of amides is 2. The van der Waals surface area contributed by atoms with Gasteiger partial charge in [-0.05, 0) is 29.8 Å². The predicted octanol–water partition coefficient (Wildman–Crippen LogP) is 5.01. The number of carbonyl (C=O) groups excluding carboxylic acids is 2. The summed E-state index contributed by atoms with van der Waals surface area (Å²) in [5, 5.41) is 2.95. The zero-order valence-electron chi connectivity index (χ0n) is 17.9. The fourth-order valence-electron chi connectivity index (χ4n) is 3.35. The van der Waals surface area contributed by atoms with Gasteiger partial charge in [0.1, 0.15) is 17.6 Å². The maximum absolute atomic E-state index is 14.4. The molecule has 0 aliphatic carbocycles. The first-order valence-corrected chi connectivity index (χ1v) is 11.4. The molecule has 0 aliphatic rings. The molecule has 0 saturated carbocycles. The number of nitrogens with one attached hydrogen (secondary N) is 1. The van der Waals surface area contributed by atoms with E-state index in [1.165, 1.54) is 18.0 Å². The molecule has 0 bridgehead atoms. The van der Waals surface area contributed by atoms with Crippen LogP contribution in [0.3, 0.4) is 0 Å². The lowest BCUT2D eigenvalue weighted by Crippen LogP contribution is -2.51. The summed E-state index contributed by atoms with van der Waals surface area (Å²) < 4.78 is 20.9. The van der Waals surface area contributed by atoms with Crippen molar-refractivity contribution in [2.24, 2.45) is 0 Å². The van der Waals surface area contributed by atoms with Gasteiger partial charge in [0.25, 0.3) is 5.91 Å². The van der Waals surface area contributed by atoms with E-state index < -0.39 is 17.8 Å². The van der Waals surface area contributed by atoms with Crippen LogP contribution in [0, 0.1) is 5.82 Å². The molecule has 2 amide bonds. The molecule has 5 nitrogen and oxygen atoms in total. The Morgan fingerprint density at radius 1 is 1.09 bits per heavy atom. The largest absolute Gasteiger partial charge is 0.482 e. The lowest BCUT2D eigenvalue weighted by molar-refractivity contribution is -0.142. The van der Waals surface area contributed by atoms with Crippen LogP contribution in [0.1, 0.15) is 11.1 Å². The van der Waals surface area contributed by atoms with Crippen molar-refractivity contribution in [1.82, 2.24) is 10.2 Å². The van der Waals surface area contributed by atoms with Crippen molar-refractivity contribution in [1.29, 1.82) is 0 Å². The van der Waals surface area contributed by atoms with Crippen LogP contribution in [0.15, 0.2) is 77.3 Å². The Kier molecular flexibility index (Phi) is 8.86. The SMILES string of the molecule is CNC(=O)[C@@H](Cc1ccccc1)N(Cc1ccccc1F)C(=O)COc1ccc(Br)cc1Cl. The van der Waals surface area contributed by atoms with Crippen LogP contribution in [0.25, 0.3) is 0 Å². The van der Waals surface area contributed by atoms with Gasteiger partial charge in [-0.1, -0.05) is 76.1 Å². The van der Waals surface area contributed by atoms with Gasteiger partial charge in [-0.15, -0.1) is 0 Å². The van der Waals surface area contributed by atoms with Crippen molar-refractivity contribution >= 4 is 39.3 Å². The van der Waals surface area contributed by atoms with Gasteiger partial charge in [-0.3, -0.25) is 9.59 Å². The van der Waals surface area contributed by atoms with E-state index in [9.17, 15) is 14.0 Å². The zero-order chi connectivity index (χ0) is 23.8. The van der Waals surface area contributed by atoms with Crippen molar-refractivity contribution in [3.8, 4) is 5.75 Å². The number of likely N-dealkylation sites (N-methyl/N-ethyl adjacent to an activating group) is 1. The fourth-order valence-corrected chi connectivity index (χ4v) is 4.07. The third-order valence-electron chi connectivity index (χ3n) is 5.06. The summed E-state index contributed by atoms with van der Waals surface area (Å²) >= 11 is 9.51. The van der Waals surface area contributed by atoms with Gasteiger partial charge in [0.15, 0.2) is 6.61 Å². The molecule has 0 heterocycles. The van der Waals surface area contributed by atoms with E-state index in [4.69, 9.17) is 16.3 Å². The van der Waals surface area contributed by atoms with Gasteiger partial charge in [-0.2, -0.15) is 0 Å². The van der Waals surface area contributed by atoms with E-state index in [2.05, 4.69) is 21.2 Å². The Bertz CT molecular complexity index is 1110. The van der Waals surface area contributed by atoms with Crippen LogP contribution in [0.4, 0.5) is 4.39 Å². The summed E-state index contributed by atoms with van der Waals surface area (Å²) in [6, 6.07) is 19.7. The minimum Gasteiger partial charge on any atom is -0.482 e. The predicted molar refractivity (Wildman–Crippen MR) is 130 cm³/mol. The second-order valence-electron chi connectivity index (χ2n) is 7.30. The van der Waals surface area contributed by atoms with E-state index in [0.29, 0.717) is 16.3 Å². The topological polar surface area (TPSA) is 58.6 Å². The molecule has 0 aromatic heterocycles. The van der Waals surface area contributed by atoms with Gasteiger partial charge in [0.05, 0.1) is 5.02 Å². The molecule has 1 atom stereocenters. The number of ether oxygens (including phenoxy) is 1. The number of nitrogens with zero attached hydrogens (tertiary/aromatic N) is 1. The van der Waals surface area contributed by atoms with E-state index in [1.807, 2.05) is 30.3 Å². The number of benzene rings is 3. The maximum atomic E-state index is 14.4. The molecule has 8 heteroatoms. The number of rotatable bonds is 9. The lowest BCUT2D eigenvalue weighted by atomic mass is 10.0. The van der Waals surface area contributed by atoms with Crippen molar-refractivity contribution in [3.63, 3.8) is 0 Å². The Hall–Kier alpha value is -2.90. The molecule has 0 radical (unpaired) electrons. The van der Waals surface area contributed by atoms with Crippen LogP contribution in [0.5, 0.6) is 5.75 Å². The third-order valence-corrected chi connectivity index (χ3v) is 5.85. The summed E-state index contributed by atoms with van der Waals surface area (Å²) in [6.45, 7) is -0.452. The summed E-state index contributed by atoms with van der Waals surface area (Å²) in [5.41, 5.74) is 1.17. The van der Waals surface area contributed by atoms with E-state index in [0.717, 1.165) is 10.0 Å².